The summed E-state index contributed by atoms with van der Waals surface area (Å²) < 4.78 is 10.4. The highest BCUT2D eigenvalue weighted by molar-refractivity contribution is 5.69. The van der Waals surface area contributed by atoms with Gasteiger partial charge in [0.2, 0.25) is 0 Å². The summed E-state index contributed by atoms with van der Waals surface area (Å²) in [4.78, 5) is 23.7. The summed E-state index contributed by atoms with van der Waals surface area (Å²) in [5.74, 6) is 0. The van der Waals surface area contributed by atoms with E-state index in [4.69, 9.17) is 9.47 Å². The van der Waals surface area contributed by atoms with E-state index in [9.17, 15) is 9.59 Å². The third kappa shape index (κ3) is 7.85. The van der Waals surface area contributed by atoms with Gasteiger partial charge in [0.05, 0.1) is 6.04 Å². The Bertz CT molecular complexity index is 526. The maximum atomic E-state index is 11.9. The van der Waals surface area contributed by atoms with Crippen molar-refractivity contribution >= 4 is 12.2 Å². The second-order valence-corrected chi connectivity index (χ2v) is 6.66. The van der Waals surface area contributed by atoms with Crippen LogP contribution in [0.15, 0.2) is 30.3 Å². The lowest BCUT2D eigenvalue weighted by Crippen LogP contribution is -2.50. The van der Waals surface area contributed by atoms with Crippen molar-refractivity contribution in [1.82, 2.24) is 10.6 Å². The van der Waals surface area contributed by atoms with E-state index in [1.54, 1.807) is 20.8 Å². The molecule has 0 aliphatic rings. The van der Waals surface area contributed by atoms with Crippen LogP contribution in [0.4, 0.5) is 9.59 Å². The Morgan fingerprint density at radius 3 is 2.25 bits per heavy atom. The van der Waals surface area contributed by atoms with Crippen LogP contribution in [0.5, 0.6) is 0 Å². The molecule has 0 aliphatic carbocycles. The zero-order chi connectivity index (χ0) is 18.2. The average Bonchev–Trinajstić information content (AvgIpc) is 2.49. The second kappa shape index (κ2) is 9.15. The van der Waals surface area contributed by atoms with Crippen LogP contribution in [0.1, 0.15) is 46.6 Å². The Hall–Kier alpha value is -2.24. The third-order valence-corrected chi connectivity index (χ3v) is 3.30. The van der Waals surface area contributed by atoms with Gasteiger partial charge in [-0.05, 0) is 39.7 Å². The minimum atomic E-state index is -0.562. The van der Waals surface area contributed by atoms with Crippen LogP contribution in [0.3, 0.4) is 0 Å². The smallest absolute Gasteiger partial charge is 0.407 e. The lowest BCUT2D eigenvalue weighted by Gasteiger charge is -2.26. The topological polar surface area (TPSA) is 76.7 Å². The van der Waals surface area contributed by atoms with Gasteiger partial charge in [-0.25, -0.2) is 9.59 Å². The molecule has 134 valence electrons. The van der Waals surface area contributed by atoms with Crippen LogP contribution in [0.25, 0.3) is 0 Å². The molecule has 1 rings (SSSR count). The summed E-state index contributed by atoms with van der Waals surface area (Å²) in [6.45, 7) is 9.34. The van der Waals surface area contributed by atoms with Crippen molar-refractivity contribution in [3.05, 3.63) is 35.9 Å². The van der Waals surface area contributed by atoms with E-state index < -0.39 is 17.8 Å². The van der Waals surface area contributed by atoms with Gasteiger partial charge in [-0.1, -0.05) is 37.3 Å². The first-order chi connectivity index (χ1) is 11.2. The van der Waals surface area contributed by atoms with Crippen molar-refractivity contribution in [2.75, 3.05) is 0 Å². The predicted octanol–water partition coefficient (Wildman–Crippen LogP) is 3.60. The Morgan fingerprint density at radius 1 is 1.08 bits per heavy atom. The van der Waals surface area contributed by atoms with Gasteiger partial charge in [0, 0.05) is 6.04 Å². The van der Waals surface area contributed by atoms with Crippen molar-refractivity contribution < 1.29 is 19.1 Å². The molecule has 2 N–H and O–H groups in total. The first-order valence-electron chi connectivity index (χ1n) is 8.18. The van der Waals surface area contributed by atoms with Gasteiger partial charge in [0.15, 0.2) is 0 Å². The summed E-state index contributed by atoms with van der Waals surface area (Å²) >= 11 is 0. The molecule has 0 aliphatic heterocycles. The van der Waals surface area contributed by atoms with Crippen LogP contribution in [0, 0.1) is 0 Å². The molecule has 24 heavy (non-hydrogen) atoms. The molecule has 0 fully saturated rings. The number of ether oxygens (including phenoxy) is 2. The molecule has 0 aromatic heterocycles. The normalized spacial score (nSPS) is 13.5. The third-order valence-electron chi connectivity index (χ3n) is 3.30. The first-order valence-corrected chi connectivity index (χ1v) is 8.18. The number of rotatable bonds is 6. The van der Waals surface area contributed by atoms with Crippen LogP contribution in [-0.2, 0) is 16.1 Å². The van der Waals surface area contributed by atoms with Crippen molar-refractivity contribution in [3.8, 4) is 0 Å². The fourth-order valence-electron chi connectivity index (χ4n) is 2.09. The minimum absolute atomic E-state index is 0.205. The zero-order valence-corrected chi connectivity index (χ0v) is 15.1. The number of carbonyl (C=O) groups is 2. The van der Waals surface area contributed by atoms with Gasteiger partial charge < -0.3 is 20.1 Å². The number of nitrogens with one attached hydrogen (secondary N) is 2. The molecule has 2 amide bonds. The minimum Gasteiger partial charge on any atom is -0.445 e. The molecule has 1 aromatic carbocycles. The monoisotopic (exact) mass is 336 g/mol. The number of benzene rings is 1. The quantitative estimate of drug-likeness (QED) is 0.832. The number of alkyl carbamates (subject to hydrolysis) is 2. The van der Waals surface area contributed by atoms with Crippen LogP contribution >= 0.6 is 0 Å². The van der Waals surface area contributed by atoms with E-state index in [-0.39, 0.29) is 18.7 Å². The van der Waals surface area contributed by atoms with E-state index in [2.05, 4.69) is 10.6 Å². The van der Waals surface area contributed by atoms with Crippen molar-refractivity contribution in [1.29, 1.82) is 0 Å². The Morgan fingerprint density at radius 2 is 1.71 bits per heavy atom. The lowest BCUT2D eigenvalue weighted by molar-refractivity contribution is 0.0494. The Kier molecular flexibility index (Phi) is 7.55. The molecule has 6 nitrogen and oxygen atoms in total. The fraction of sp³-hybridized carbons (Fsp3) is 0.556. The van der Waals surface area contributed by atoms with Gasteiger partial charge >= 0.3 is 12.2 Å². The lowest BCUT2D eigenvalue weighted by atomic mass is 10.1. The predicted molar refractivity (Wildman–Crippen MR) is 92.7 cm³/mol. The molecule has 0 bridgehead atoms. The van der Waals surface area contributed by atoms with Crippen molar-refractivity contribution in [2.45, 2.75) is 65.3 Å². The molecule has 0 saturated carbocycles. The van der Waals surface area contributed by atoms with Crippen LogP contribution in [0.2, 0.25) is 0 Å². The van der Waals surface area contributed by atoms with E-state index in [0.717, 1.165) is 5.56 Å². The van der Waals surface area contributed by atoms with E-state index >= 15 is 0 Å². The summed E-state index contributed by atoms with van der Waals surface area (Å²) in [6, 6.07) is 8.92. The summed E-state index contributed by atoms with van der Waals surface area (Å²) in [7, 11) is 0. The molecule has 0 spiro atoms. The van der Waals surface area contributed by atoms with Gasteiger partial charge in [0.1, 0.15) is 12.2 Å². The zero-order valence-electron chi connectivity index (χ0n) is 15.1. The van der Waals surface area contributed by atoms with Crippen molar-refractivity contribution in [2.24, 2.45) is 0 Å². The summed E-state index contributed by atoms with van der Waals surface area (Å²) in [6.07, 6.45) is -0.367. The Balaban J connectivity index is 2.44. The molecular formula is C18H28N2O4. The molecular weight excluding hydrogens is 308 g/mol. The molecule has 2 atom stereocenters. The second-order valence-electron chi connectivity index (χ2n) is 6.66. The van der Waals surface area contributed by atoms with Crippen molar-refractivity contribution in [3.63, 3.8) is 0 Å². The van der Waals surface area contributed by atoms with E-state index in [1.165, 1.54) is 0 Å². The molecule has 0 radical (unpaired) electrons. The van der Waals surface area contributed by atoms with Crippen LogP contribution in [-0.4, -0.2) is 29.9 Å². The van der Waals surface area contributed by atoms with Crippen LogP contribution < -0.4 is 10.6 Å². The molecule has 0 heterocycles. The highest BCUT2D eigenvalue weighted by atomic mass is 16.6. The SMILES string of the molecule is CC[C@H](NC(=O)OCc1ccccc1)[C@H](C)NC(=O)OC(C)(C)C. The van der Waals surface area contributed by atoms with E-state index in [0.29, 0.717) is 6.42 Å². The molecule has 1 aromatic rings. The number of amides is 2. The molecule has 0 saturated heterocycles. The number of hydrogen-bond donors (Lipinski definition) is 2. The maximum absolute atomic E-state index is 11.9. The number of carbonyl (C=O) groups excluding carboxylic acids is 2. The standard InChI is InChI=1S/C18H28N2O4/c1-6-15(13(2)19-17(22)24-18(3,4)5)20-16(21)23-12-14-10-8-7-9-11-14/h7-11,13,15H,6,12H2,1-5H3,(H,19,22)(H,20,21)/t13-,15-/m0/s1. The summed E-state index contributed by atoms with van der Waals surface area (Å²) in [5.41, 5.74) is 0.355. The van der Waals surface area contributed by atoms with E-state index in [1.807, 2.05) is 44.2 Å². The highest BCUT2D eigenvalue weighted by Crippen LogP contribution is 2.08. The average molecular weight is 336 g/mol. The fourth-order valence-corrected chi connectivity index (χ4v) is 2.09. The Labute approximate surface area is 143 Å². The largest absolute Gasteiger partial charge is 0.445 e. The molecule has 6 heteroatoms. The summed E-state index contributed by atoms with van der Waals surface area (Å²) in [5, 5.41) is 5.51. The van der Waals surface area contributed by atoms with Gasteiger partial charge in [0.25, 0.3) is 0 Å². The number of hydrogen-bond acceptors (Lipinski definition) is 4. The van der Waals surface area contributed by atoms with Gasteiger partial charge in [-0.3, -0.25) is 0 Å². The first kappa shape index (κ1) is 19.8. The molecule has 0 unspecified atom stereocenters. The highest BCUT2D eigenvalue weighted by Gasteiger charge is 2.23. The van der Waals surface area contributed by atoms with Gasteiger partial charge in [-0.15, -0.1) is 0 Å². The van der Waals surface area contributed by atoms with Gasteiger partial charge in [-0.2, -0.15) is 0 Å². The maximum Gasteiger partial charge on any atom is 0.407 e.